The molecule has 5 nitrogen and oxygen atoms in total. The van der Waals surface area contributed by atoms with Gasteiger partial charge in [0.25, 0.3) is 0 Å². The summed E-state index contributed by atoms with van der Waals surface area (Å²) in [7, 11) is 2.15. The van der Waals surface area contributed by atoms with Crippen LogP contribution < -0.4 is 5.32 Å². The third-order valence-electron chi connectivity index (χ3n) is 4.63. The van der Waals surface area contributed by atoms with Gasteiger partial charge in [-0.2, -0.15) is 0 Å². The molecule has 2 aliphatic heterocycles. The van der Waals surface area contributed by atoms with Crippen LogP contribution in [0.4, 0.5) is 5.69 Å². The molecule has 0 aliphatic carbocycles. The number of likely N-dealkylation sites (tertiary alicyclic amines) is 1. The highest BCUT2D eigenvalue weighted by molar-refractivity contribution is 8.00. The Morgan fingerprint density at radius 3 is 3.00 bits per heavy atom. The van der Waals surface area contributed by atoms with Crippen LogP contribution >= 0.6 is 35.1 Å². The second-order valence-corrected chi connectivity index (χ2v) is 9.06. The first-order valence-corrected chi connectivity index (χ1v) is 10.7. The first-order valence-electron chi connectivity index (χ1n) is 8.50. The fourth-order valence-corrected chi connectivity index (χ4v) is 6.07. The second-order valence-electron chi connectivity index (χ2n) is 6.53. The zero-order valence-corrected chi connectivity index (χ0v) is 16.7. The lowest BCUT2D eigenvalue weighted by atomic mass is 9.91. The van der Waals surface area contributed by atoms with Gasteiger partial charge in [0.05, 0.1) is 5.75 Å². The van der Waals surface area contributed by atoms with Crippen LogP contribution in [0.15, 0.2) is 40.5 Å². The highest BCUT2D eigenvalue weighted by atomic mass is 35.5. The van der Waals surface area contributed by atoms with E-state index in [0.717, 1.165) is 35.8 Å². The molecule has 1 fully saturated rings. The number of hydrogen-bond acceptors (Lipinski definition) is 6. The van der Waals surface area contributed by atoms with E-state index in [2.05, 4.69) is 27.2 Å². The minimum Gasteiger partial charge on any atom is -0.325 e. The van der Waals surface area contributed by atoms with Crippen molar-refractivity contribution in [2.75, 3.05) is 31.2 Å². The molecule has 26 heavy (non-hydrogen) atoms. The Labute approximate surface area is 166 Å². The van der Waals surface area contributed by atoms with Gasteiger partial charge in [-0.25, -0.2) is 9.97 Å². The van der Waals surface area contributed by atoms with Crippen molar-refractivity contribution in [1.82, 2.24) is 14.9 Å². The number of benzene rings is 1. The minimum atomic E-state index is -0.0793. The average molecular weight is 407 g/mol. The van der Waals surface area contributed by atoms with Crippen molar-refractivity contribution < 1.29 is 4.79 Å². The van der Waals surface area contributed by atoms with Crippen LogP contribution in [0.2, 0.25) is 5.15 Å². The van der Waals surface area contributed by atoms with Gasteiger partial charge in [-0.15, -0.1) is 11.8 Å². The number of amides is 1. The summed E-state index contributed by atoms with van der Waals surface area (Å²) in [5.41, 5.74) is 1.89. The summed E-state index contributed by atoms with van der Waals surface area (Å²) in [6.07, 6.45) is 1.09. The molecule has 136 valence electrons. The van der Waals surface area contributed by atoms with E-state index in [1.165, 1.54) is 11.8 Å². The first-order chi connectivity index (χ1) is 12.6. The van der Waals surface area contributed by atoms with E-state index in [1.54, 1.807) is 11.8 Å². The summed E-state index contributed by atoms with van der Waals surface area (Å²) in [5.74, 6) is 0.619. The number of carbonyl (C=O) groups is 1. The number of piperidine rings is 1. The number of fused-ring (bicyclic) bond motifs is 3. The normalized spacial score (nSPS) is 21.9. The predicted octanol–water partition coefficient (Wildman–Crippen LogP) is 3.75. The van der Waals surface area contributed by atoms with Crippen LogP contribution in [0, 0.1) is 0 Å². The Kier molecular flexibility index (Phi) is 5.40. The molecular weight excluding hydrogens is 388 g/mol. The van der Waals surface area contributed by atoms with Crippen molar-refractivity contribution in [2.24, 2.45) is 0 Å². The number of aromatic nitrogens is 2. The standard InChI is InChI=1S/C18H19ClN4OS2/c1-23-8-7-12-13(9-23)26-17-15(12)16(19)21-18(22-17)25-10-14(24)20-11-5-3-2-4-6-11/h2-6,12-13H,7-10H2,1H3,(H,20,24). The molecule has 1 saturated heterocycles. The van der Waals surface area contributed by atoms with Crippen molar-refractivity contribution in [3.63, 3.8) is 0 Å². The number of halogens is 1. The average Bonchev–Trinajstić information content (AvgIpc) is 2.98. The quantitative estimate of drug-likeness (QED) is 0.474. The zero-order chi connectivity index (χ0) is 18.1. The SMILES string of the molecule is CN1CCC2c3c(Cl)nc(SCC(=O)Nc4ccccc4)nc3SC2C1. The van der Waals surface area contributed by atoms with E-state index in [9.17, 15) is 4.79 Å². The van der Waals surface area contributed by atoms with E-state index in [0.29, 0.717) is 21.5 Å². The number of para-hydroxylation sites is 1. The van der Waals surface area contributed by atoms with Crippen molar-refractivity contribution in [3.8, 4) is 0 Å². The molecule has 0 spiro atoms. The van der Waals surface area contributed by atoms with Gasteiger partial charge >= 0.3 is 0 Å². The summed E-state index contributed by atoms with van der Waals surface area (Å²) < 4.78 is 0. The fraction of sp³-hybridized carbons (Fsp3) is 0.389. The Morgan fingerprint density at radius 1 is 1.38 bits per heavy atom. The van der Waals surface area contributed by atoms with E-state index in [1.807, 2.05) is 30.3 Å². The Balaban J connectivity index is 1.42. The van der Waals surface area contributed by atoms with Gasteiger partial charge < -0.3 is 10.2 Å². The summed E-state index contributed by atoms with van der Waals surface area (Å²) in [6, 6.07) is 9.42. The van der Waals surface area contributed by atoms with E-state index < -0.39 is 0 Å². The van der Waals surface area contributed by atoms with Crippen molar-refractivity contribution in [2.45, 2.75) is 27.8 Å². The number of anilines is 1. The van der Waals surface area contributed by atoms with Gasteiger partial charge in [-0.3, -0.25) is 4.79 Å². The molecule has 0 bridgehead atoms. The lowest BCUT2D eigenvalue weighted by molar-refractivity contribution is -0.113. The van der Waals surface area contributed by atoms with Crippen LogP contribution in [0.5, 0.6) is 0 Å². The lowest BCUT2D eigenvalue weighted by Gasteiger charge is -2.31. The van der Waals surface area contributed by atoms with Crippen molar-refractivity contribution in [3.05, 3.63) is 41.0 Å². The minimum absolute atomic E-state index is 0.0793. The smallest absolute Gasteiger partial charge is 0.234 e. The molecule has 4 rings (SSSR count). The number of carbonyl (C=O) groups excluding carboxylic acids is 1. The zero-order valence-electron chi connectivity index (χ0n) is 14.3. The van der Waals surface area contributed by atoms with Crippen LogP contribution in [-0.4, -0.2) is 51.9 Å². The number of rotatable bonds is 4. The number of nitrogens with one attached hydrogen (secondary N) is 1. The maximum Gasteiger partial charge on any atom is 0.234 e. The van der Waals surface area contributed by atoms with Crippen LogP contribution in [-0.2, 0) is 4.79 Å². The maximum absolute atomic E-state index is 12.1. The summed E-state index contributed by atoms with van der Waals surface area (Å²) in [4.78, 5) is 23.6. The summed E-state index contributed by atoms with van der Waals surface area (Å²) in [5, 5.41) is 5.46. The Hall–Kier alpha value is -1.28. The topological polar surface area (TPSA) is 58.1 Å². The molecule has 0 radical (unpaired) electrons. The molecule has 2 unspecified atom stereocenters. The maximum atomic E-state index is 12.1. The van der Waals surface area contributed by atoms with Crippen LogP contribution in [0.1, 0.15) is 17.9 Å². The Morgan fingerprint density at radius 2 is 2.19 bits per heavy atom. The number of hydrogen-bond donors (Lipinski definition) is 1. The molecule has 2 atom stereocenters. The highest BCUT2D eigenvalue weighted by Gasteiger charge is 2.40. The van der Waals surface area contributed by atoms with E-state index in [4.69, 9.17) is 11.6 Å². The molecule has 2 aromatic rings. The monoisotopic (exact) mass is 406 g/mol. The second kappa shape index (κ2) is 7.76. The molecule has 2 aliphatic rings. The van der Waals surface area contributed by atoms with Crippen molar-refractivity contribution in [1.29, 1.82) is 0 Å². The lowest BCUT2D eigenvalue weighted by Crippen LogP contribution is -2.36. The first kappa shape index (κ1) is 18.1. The third kappa shape index (κ3) is 3.86. The molecule has 1 amide bonds. The van der Waals surface area contributed by atoms with Crippen LogP contribution in [0.3, 0.4) is 0 Å². The summed E-state index contributed by atoms with van der Waals surface area (Å²) in [6.45, 7) is 2.12. The van der Waals surface area contributed by atoms with Gasteiger partial charge in [-0.05, 0) is 32.1 Å². The van der Waals surface area contributed by atoms with Gasteiger partial charge in [0.2, 0.25) is 5.91 Å². The third-order valence-corrected chi connectivity index (χ3v) is 7.08. The van der Waals surface area contributed by atoms with Gasteiger partial charge in [0.15, 0.2) is 5.16 Å². The number of thioether (sulfide) groups is 2. The molecule has 1 aromatic carbocycles. The predicted molar refractivity (Wildman–Crippen MR) is 107 cm³/mol. The molecule has 1 N–H and O–H groups in total. The molecular formula is C18H19ClN4OS2. The molecule has 3 heterocycles. The molecule has 8 heteroatoms. The highest BCUT2D eigenvalue weighted by Crippen LogP contribution is 2.50. The Bertz CT molecular complexity index is 820. The molecule has 1 aromatic heterocycles. The van der Waals surface area contributed by atoms with Gasteiger partial charge in [-0.1, -0.05) is 41.6 Å². The van der Waals surface area contributed by atoms with E-state index >= 15 is 0 Å². The van der Waals surface area contributed by atoms with E-state index in [-0.39, 0.29) is 11.7 Å². The fourth-order valence-electron chi connectivity index (χ4n) is 3.38. The van der Waals surface area contributed by atoms with Crippen molar-refractivity contribution >= 4 is 46.7 Å². The van der Waals surface area contributed by atoms with Crippen LogP contribution in [0.25, 0.3) is 0 Å². The summed E-state index contributed by atoms with van der Waals surface area (Å²) >= 11 is 9.60. The van der Waals surface area contributed by atoms with Gasteiger partial charge in [0, 0.05) is 29.0 Å². The van der Waals surface area contributed by atoms with Gasteiger partial charge in [0.1, 0.15) is 10.2 Å². The number of nitrogens with zero attached hydrogens (tertiary/aromatic N) is 3. The molecule has 0 saturated carbocycles. The largest absolute Gasteiger partial charge is 0.325 e.